The number of carboxylic acid groups (broad SMARTS) is 1. The Labute approximate surface area is 112 Å². The SMILES string of the molecule is Cc1ccnc(N2CCCCCC2C(=O)O)c1C#N. The predicted octanol–water partition coefficient (Wildman–Crippen LogP) is 2.10. The third kappa shape index (κ3) is 2.68. The van der Waals surface area contributed by atoms with E-state index in [4.69, 9.17) is 0 Å². The van der Waals surface area contributed by atoms with Gasteiger partial charge in [-0.3, -0.25) is 0 Å². The smallest absolute Gasteiger partial charge is 0.326 e. The quantitative estimate of drug-likeness (QED) is 0.880. The summed E-state index contributed by atoms with van der Waals surface area (Å²) in [4.78, 5) is 17.5. The van der Waals surface area contributed by atoms with Gasteiger partial charge < -0.3 is 10.0 Å². The van der Waals surface area contributed by atoms with Gasteiger partial charge in [-0.05, 0) is 31.4 Å². The molecule has 0 amide bonds. The highest BCUT2D eigenvalue weighted by Crippen LogP contribution is 2.26. The summed E-state index contributed by atoms with van der Waals surface area (Å²) in [5, 5.41) is 18.6. The van der Waals surface area contributed by atoms with E-state index in [0.29, 0.717) is 24.3 Å². The largest absolute Gasteiger partial charge is 0.480 e. The van der Waals surface area contributed by atoms with E-state index in [2.05, 4.69) is 11.1 Å². The van der Waals surface area contributed by atoms with Crippen molar-refractivity contribution in [2.75, 3.05) is 11.4 Å². The molecular formula is C14H17N3O2. The van der Waals surface area contributed by atoms with Crippen LogP contribution in [0.5, 0.6) is 0 Å². The van der Waals surface area contributed by atoms with Crippen molar-refractivity contribution in [3.05, 3.63) is 23.4 Å². The molecular weight excluding hydrogens is 242 g/mol. The zero-order chi connectivity index (χ0) is 13.8. The van der Waals surface area contributed by atoms with Gasteiger partial charge in [0.1, 0.15) is 17.9 Å². The number of aromatic nitrogens is 1. The number of carboxylic acids is 1. The van der Waals surface area contributed by atoms with Crippen LogP contribution in [0.2, 0.25) is 0 Å². The van der Waals surface area contributed by atoms with Gasteiger partial charge in [0.2, 0.25) is 0 Å². The van der Waals surface area contributed by atoms with Crippen molar-refractivity contribution in [1.29, 1.82) is 5.26 Å². The second-order valence-electron chi connectivity index (χ2n) is 4.84. The molecule has 5 heteroatoms. The first-order valence-electron chi connectivity index (χ1n) is 6.50. The van der Waals surface area contributed by atoms with E-state index >= 15 is 0 Å². The second kappa shape index (κ2) is 5.70. The second-order valence-corrected chi connectivity index (χ2v) is 4.84. The number of hydrogen-bond acceptors (Lipinski definition) is 4. The number of carbonyl (C=O) groups is 1. The van der Waals surface area contributed by atoms with Gasteiger partial charge in [-0.2, -0.15) is 5.26 Å². The minimum atomic E-state index is -0.839. The lowest BCUT2D eigenvalue weighted by Gasteiger charge is -2.28. The summed E-state index contributed by atoms with van der Waals surface area (Å²) in [6.45, 7) is 2.49. The first-order chi connectivity index (χ1) is 9.15. The van der Waals surface area contributed by atoms with Crippen molar-refractivity contribution < 1.29 is 9.90 Å². The number of aliphatic carboxylic acids is 1. The average molecular weight is 259 g/mol. The molecule has 0 saturated carbocycles. The molecule has 0 radical (unpaired) electrons. The average Bonchev–Trinajstić information content (AvgIpc) is 2.63. The van der Waals surface area contributed by atoms with Crippen LogP contribution in [0, 0.1) is 18.3 Å². The minimum Gasteiger partial charge on any atom is -0.480 e. The molecule has 5 nitrogen and oxygen atoms in total. The van der Waals surface area contributed by atoms with Gasteiger partial charge in [0.25, 0.3) is 0 Å². The van der Waals surface area contributed by atoms with Crippen LogP contribution >= 0.6 is 0 Å². The summed E-state index contributed by atoms with van der Waals surface area (Å²) in [7, 11) is 0. The Kier molecular flexibility index (Phi) is 4.00. The zero-order valence-corrected chi connectivity index (χ0v) is 11.0. The summed E-state index contributed by atoms with van der Waals surface area (Å²) in [6, 6.07) is 3.34. The van der Waals surface area contributed by atoms with E-state index in [1.165, 1.54) is 0 Å². The van der Waals surface area contributed by atoms with E-state index in [-0.39, 0.29) is 0 Å². The number of rotatable bonds is 2. The van der Waals surface area contributed by atoms with Crippen LogP contribution < -0.4 is 4.90 Å². The number of anilines is 1. The van der Waals surface area contributed by atoms with Crippen LogP contribution in [0.25, 0.3) is 0 Å². The molecule has 1 aliphatic rings. The van der Waals surface area contributed by atoms with Crippen LogP contribution in [-0.2, 0) is 4.79 Å². The highest BCUT2D eigenvalue weighted by Gasteiger charge is 2.29. The van der Waals surface area contributed by atoms with Crippen molar-refractivity contribution >= 4 is 11.8 Å². The maximum atomic E-state index is 11.4. The molecule has 0 spiro atoms. The maximum absolute atomic E-state index is 11.4. The number of nitriles is 1. The highest BCUT2D eigenvalue weighted by atomic mass is 16.4. The van der Waals surface area contributed by atoms with Crippen LogP contribution in [-0.4, -0.2) is 28.6 Å². The van der Waals surface area contributed by atoms with Gasteiger partial charge in [0.15, 0.2) is 0 Å². The molecule has 0 aliphatic carbocycles. The molecule has 1 aromatic heterocycles. The zero-order valence-electron chi connectivity index (χ0n) is 11.0. The summed E-state index contributed by atoms with van der Waals surface area (Å²) >= 11 is 0. The molecule has 1 aromatic rings. The Morgan fingerprint density at radius 3 is 3.00 bits per heavy atom. The van der Waals surface area contributed by atoms with Crippen molar-refractivity contribution in [2.24, 2.45) is 0 Å². The number of nitrogens with zero attached hydrogens (tertiary/aromatic N) is 3. The van der Waals surface area contributed by atoms with Crippen molar-refractivity contribution in [3.63, 3.8) is 0 Å². The van der Waals surface area contributed by atoms with Gasteiger partial charge in [-0.15, -0.1) is 0 Å². The summed E-state index contributed by atoms with van der Waals surface area (Å²) in [6.07, 6.45) is 5.10. The van der Waals surface area contributed by atoms with Crippen LogP contribution in [0.15, 0.2) is 12.3 Å². The van der Waals surface area contributed by atoms with Crippen molar-refractivity contribution in [3.8, 4) is 6.07 Å². The normalized spacial score (nSPS) is 19.6. The molecule has 100 valence electrons. The fraction of sp³-hybridized carbons (Fsp3) is 0.500. The molecule has 0 bridgehead atoms. The van der Waals surface area contributed by atoms with E-state index in [1.807, 2.05) is 6.92 Å². The van der Waals surface area contributed by atoms with Crippen molar-refractivity contribution in [1.82, 2.24) is 4.98 Å². The Bertz CT molecular complexity index is 522. The predicted molar refractivity (Wildman–Crippen MR) is 70.9 cm³/mol. The highest BCUT2D eigenvalue weighted by molar-refractivity contribution is 5.78. The molecule has 1 unspecified atom stereocenters. The number of aryl methyl sites for hydroxylation is 1. The first kappa shape index (κ1) is 13.3. The Hall–Kier alpha value is -2.09. The number of hydrogen-bond donors (Lipinski definition) is 1. The lowest BCUT2D eigenvalue weighted by Crippen LogP contribution is -2.41. The lowest BCUT2D eigenvalue weighted by molar-refractivity contribution is -0.138. The maximum Gasteiger partial charge on any atom is 0.326 e. The van der Waals surface area contributed by atoms with E-state index in [1.54, 1.807) is 17.2 Å². The molecule has 1 saturated heterocycles. The van der Waals surface area contributed by atoms with Crippen LogP contribution in [0.3, 0.4) is 0 Å². The van der Waals surface area contributed by atoms with Crippen LogP contribution in [0.1, 0.15) is 36.8 Å². The van der Waals surface area contributed by atoms with E-state index in [9.17, 15) is 15.2 Å². The molecule has 2 rings (SSSR count). The van der Waals surface area contributed by atoms with Gasteiger partial charge in [-0.1, -0.05) is 12.8 Å². The Morgan fingerprint density at radius 1 is 1.53 bits per heavy atom. The van der Waals surface area contributed by atoms with Gasteiger partial charge in [0.05, 0.1) is 5.56 Å². The fourth-order valence-corrected chi connectivity index (χ4v) is 2.52. The fourth-order valence-electron chi connectivity index (χ4n) is 2.52. The molecule has 0 aromatic carbocycles. The van der Waals surface area contributed by atoms with E-state index < -0.39 is 12.0 Å². The molecule has 19 heavy (non-hydrogen) atoms. The molecule has 1 N–H and O–H groups in total. The van der Waals surface area contributed by atoms with Crippen molar-refractivity contribution in [2.45, 2.75) is 38.6 Å². The molecule has 1 fully saturated rings. The molecule has 2 heterocycles. The molecule has 1 aliphatic heterocycles. The standard InChI is InChI=1S/C14H17N3O2/c1-10-6-7-16-13(11(10)9-15)17-8-4-2-3-5-12(17)14(18)19/h6-7,12H,2-5,8H2,1H3,(H,18,19). The first-order valence-corrected chi connectivity index (χ1v) is 6.50. The third-order valence-corrected chi connectivity index (χ3v) is 3.56. The Balaban J connectivity index is 2.45. The topological polar surface area (TPSA) is 77.2 Å². The summed E-state index contributed by atoms with van der Waals surface area (Å²) in [5.41, 5.74) is 1.32. The summed E-state index contributed by atoms with van der Waals surface area (Å²) in [5.74, 6) is -0.328. The van der Waals surface area contributed by atoms with Gasteiger partial charge in [-0.25, -0.2) is 9.78 Å². The van der Waals surface area contributed by atoms with Crippen LogP contribution in [0.4, 0.5) is 5.82 Å². The van der Waals surface area contributed by atoms with Gasteiger partial charge in [0, 0.05) is 12.7 Å². The van der Waals surface area contributed by atoms with Gasteiger partial charge >= 0.3 is 5.97 Å². The lowest BCUT2D eigenvalue weighted by atomic mass is 10.1. The molecule has 1 atom stereocenters. The number of pyridine rings is 1. The third-order valence-electron chi connectivity index (χ3n) is 3.56. The Morgan fingerprint density at radius 2 is 2.32 bits per heavy atom. The monoisotopic (exact) mass is 259 g/mol. The minimum absolute atomic E-state index is 0.482. The van der Waals surface area contributed by atoms with E-state index in [0.717, 1.165) is 24.8 Å². The summed E-state index contributed by atoms with van der Waals surface area (Å²) < 4.78 is 0.